The van der Waals surface area contributed by atoms with Crippen molar-refractivity contribution < 1.29 is 45.6 Å². The molecule has 5 atom stereocenters. The van der Waals surface area contributed by atoms with Crippen LogP contribution in [0, 0.1) is 5.92 Å². The normalized spacial score (nSPS) is 39.6. The number of aliphatic hydroxyl groups is 1. The second kappa shape index (κ2) is 6.17. The summed E-state index contributed by atoms with van der Waals surface area (Å²) in [6.45, 7) is 3.33. The zero-order valence-corrected chi connectivity index (χ0v) is 18.8. The number of rotatable bonds is 3. The fourth-order valence-corrected chi connectivity index (χ4v) is 6.74. The molecule has 0 amide bonds. The van der Waals surface area contributed by atoms with Gasteiger partial charge in [-0.2, -0.15) is 0 Å². The molecule has 1 saturated carbocycles. The maximum absolute atomic E-state index is 12.9. The van der Waals surface area contributed by atoms with Crippen LogP contribution >= 0.6 is 0 Å². The molecule has 160 valence electrons. The number of carbonyl (C=O) groups excluding carboxylic acids is 2. The highest BCUT2D eigenvalue weighted by atomic mass is 79.9. The van der Waals surface area contributed by atoms with Crippen LogP contribution in [0.25, 0.3) is 0 Å². The quantitative estimate of drug-likeness (QED) is 0.333. The third-order valence-electron chi connectivity index (χ3n) is 8.13. The van der Waals surface area contributed by atoms with E-state index >= 15 is 0 Å². The number of hydrogen-bond donors (Lipinski definition) is 1. The van der Waals surface area contributed by atoms with Gasteiger partial charge in [0, 0.05) is 31.2 Å². The average Bonchev–Trinajstić information content (AvgIpc) is 3.38. The number of likely N-dealkylation sites (tertiary alicyclic amines) is 1. The first kappa shape index (κ1) is 20.2. The van der Waals surface area contributed by atoms with E-state index in [0.717, 1.165) is 41.0 Å². The molecule has 7 heteroatoms. The molecule has 5 aliphatic rings. The van der Waals surface area contributed by atoms with Crippen LogP contribution in [0.3, 0.4) is 0 Å². The lowest BCUT2D eigenvalue weighted by Gasteiger charge is -2.62. The Labute approximate surface area is 186 Å². The van der Waals surface area contributed by atoms with Crippen molar-refractivity contribution >= 4 is 11.8 Å². The van der Waals surface area contributed by atoms with Gasteiger partial charge in [0.15, 0.2) is 23.4 Å². The Kier molecular flexibility index (Phi) is 4.16. The van der Waals surface area contributed by atoms with Crippen molar-refractivity contribution in [2.45, 2.75) is 55.8 Å². The molecule has 2 fully saturated rings. The van der Waals surface area contributed by atoms with Crippen LogP contribution in [-0.4, -0.2) is 59.2 Å². The van der Waals surface area contributed by atoms with Gasteiger partial charge in [-0.1, -0.05) is 6.07 Å². The minimum Gasteiger partial charge on any atom is -1.00 e. The summed E-state index contributed by atoms with van der Waals surface area (Å²) in [5.74, 6) is 1.00. The number of ketones is 1. The van der Waals surface area contributed by atoms with E-state index in [1.165, 1.54) is 25.8 Å². The molecule has 1 aromatic carbocycles. The van der Waals surface area contributed by atoms with E-state index in [2.05, 4.69) is 7.05 Å². The molecular weight excluding hydrogens is 450 g/mol. The fourth-order valence-electron chi connectivity index (χ4n) is 6.74. The number of benzene rings is 1. The summed E-state index contributed by atoms with van der Waals surface area (Å²) in [4.78, 5) is 24.5. The van der Waals surface area contributed by atoms with Gasteiger partial charge in [0.1, 0.15) is 11.6 Å². The molecule has 30 heavy (non-hydrogen) atoms. The van der Waals surface area contributed by atoms with Crippen molar-refractivity contribution in [3.05, 3.63) is 35.4 Å². The predicted octanol–water partition coefficient (Wildman–Crippen LogP) is -1.33. The number of halogens is 1. The Morgan fingerprint density at radius 3 is 2.83 bits per heavy atom. The van der Waals surface area contributed by atoms with E-state index in [-0.39, 0.29) is 28.8 Å². The van der Waals surface area contributed by atoms with Crippen molar-refractivity contribution in [2.24, 2.45) is 5.92 Å². The number of ether oxygens (including phenoxy) is 2. The zero-order chi connectivity index (χ0) is 20.2. The Bertz CT molecular complexity index is 1000. The molecule has 1 saturated heterocycles. The molecule has 1 N–H and O–H groups in total. The van der Waals surface area contributed by atoms with Gasteiger partial charge in [0.05, 0.1) is 25.6 Å². The zero-order valence-electron chi connectivity index (χ0n) is 17.2. The number of hydrogen-bond acceptors (Lipinski definition) is 5. The smallest absolute Gasteiger partial charge is 0.308 e. The van der Waals surface area contributed by atoms with E-state index in [0.29, 0.717) is 17.9 Å². The molecule has 1 spiro atoms. The number of piperidine rings is 1. The van der Waals surface area contributed by atoms with Crippen molar-refractivity contribution in [3.63, 3.8) is 0 Å². The summed E-state index contributed by atoms with van der Waals surface area (Å²) in [7, 11) is 2.27. The van der Waals surface area contributed by atoms with Crippen molar-refractivity contribution in [3.8, 4) is 11.5 Å². The summed E-state index contributed by atoms with van der Waals surface area (Å²) in [6.07, 6.45) is 6.43. The summed E-state index contributed by atoms with van der Waals surface area (Å²) in [5.41, 5.74) is 0.0381. The van der Waals surface area contributed by atoms with E-state index in [9.17, 15) is 14.7 Å². The topological polar surface area (TPSA) is 72.8 Å². The second-order valence-corrected chi connectivity index (χ2v) is 9.85. The summed E-state index contributed by atoms with van der Waals surface area (Å²) in [6, 6.07) is 3.74. The standard InChI is InChI=1S/C23H26NO5.BrH/c1-13(25)28-17-6-5-15-11-18-23(27)8-7-16(26)21-22(23,19(15)20(17)29-21)9-10-24(18,2)12-14-3-4-14;/h5-8,14,18,21,27H,3-4,9-12H2,1-2H3;1H/q+1;/p-1/t18?,21-,22-,23?,24+;/m0./s1. The van der Waals surface area contributed by atoms with E-state index in [1.54, 1.807) is 12.1 Å². The monoisotopic (exact) mass is 475 g/mol. The van der Waals surface area contributed by atoms with Crippen molar-refractivity contribution in [1.82, 2.24) is 0 Å². The first-order chi connectivity index (χ1) is 13.8. The molecule has 2 unspecified atom stereocenters. The molecule has 2 aliphatic heterocycles. The Morgan fingerprint density at radius 2 is 2.13 bits per heavy atom. The van der Waals surface area contributed by atoms with Gasteiger partial charge >= 0.3 is 5.97 Å². The third kappa shape index (κ3) is 2.31. The van der Waals surface area contributed by atoms with Crippen LogP contribution in [0.4, 0.5) is 0 Å². The SMILES string of the molecule is CC(=O)Oc1ccc2c3c1O[C@H]1C(=O)C=CC4(O)C(C2)[N@@+](C)(CC2CC2)CC[C@]314.[Br-]. The van der Waals surface area contributed by atoms with E-state index < -0.39 is 23.1 Å². The summed E-state index contributed by atoms with van der Waals surface area (Å²) < 4.78 is 12.4. The van der Waals surface area contributed by atoms with Crippen LogP contribution in [-0.2, 0) is 21.4 Å². The first-order valence-corrected chi connectivity index (χ1v) is 10.6. The Hall–Kier alpha value is -1.70. The maximum Gasteiger partial charge on any atom is 0.308 e. The fraction of sp³-hybridized carbons (Fsp3) is 0.565. The minimum atomic E-state index is -1.15. The average molecular weight is 476 g/mol. The van der Waals surface area contributed by atoms with Gasteiger partial charge in [0.2, 0.25) is 0 Å². The third-order valence-corrected chi connectivity index (χ3v) is 8.13. The van der Waals surface area contributed by atoms with Gasteiger partial charge in [-0.25, -0.2) is 0 Å². The molecule has 3 aliphatic carbocycles. The largest absolute Gasteiger partial charge is 1.00 e. The van der Waals surface area contributed by atoms with Crippen molar-refractivity contribution in [1.29, 1.82) is 0 Å². The van der Waals surface area contributed by atoms with Crippen LogP contribution < -0.4 is 26.5 Å². The minimum absolute atomic E-state index is 0. The van der Waals surface area contributed by atoms with Crippen LogP contribution in [0.15, 0.2) is 24.3 Å². The van der Waals surface area contributed by atoms with Gasteiger partial charge in [0.25, 0.3) is 0 Å². The number of likely N-dealkylation sites (N-methyl/N-ethyl adjacent to an activating group) is 1. The van der Waals surface area contributed by atoms with Gasteiger partial charge in [-0.3, -0.25) is 9.59 Å². The molecule has 6 nitrogen and oxygen atoms in total. The molecule has 1 aromatic rings. The highest BCUT2D eigenvalue weighted by Gasteiger charge is 2.75. The van der Waals surface area contributed by atoms with Gasteiger partial charge < -0.3 is 36.0 Å². The lowest BCUT2D eigenvalue weighted by molar-refractivity contribution is -0.949. The number of nitrogens with zero attached hydrogens (tertiary/aromatic N) is 1. The summed E-state index contributed by atoms with van der Waals surface area (Å²) >= 11 is 0. The first-order valence-electron chi connectivity index (χ1n) is 10.6. The molecule has 0 aromatic heterocycles. The predicted molar refractivity (Wildman–Crippen MR) is 104 cm³/mol. The highest BCUT2D eigenvalue weighted by molar-refractivity contribution is 5.99. The van der Waals surface area contributed by atoms with Gasteiger partial charge in [-0.15, -0.1) is 0 Å². The van der Waals surface area contributed by atoms with E-state index in [1.807, 2.05) is 6.07 Å². The maximum atomic E-state index is 12.9. The summed E-state index contributed by atoms with van der Waals surface area (Å²) in [5, 5.41) is 12.2. The molecule has 2 bridgehead atoms. The molecule has 2 heterocycles. The van der Waals surface area contributed by atoms with Crippen LogP contribution in [0.1, 0.15) is 37.3 Å². The number of esters is 1. The molecule has 6 rings (SSSR count). The number of carbonyl (C=O) groups is 2. The lowest BCUT2D eigenvalue weighted by Crippen LogP contribution is -3.00. The van der Waals surface area contributed by atoms with Crippen LogP contribution in [0.2, 0.25) is 0 Å². The Balaban J connectivity index is 0.00000193. The van der Waals surface area contributed by atoms with Crippen LogP contribution in [0.5, 0.6) is 11.5 Å². The van der Waals surface area contributed by atoms with Gasteiger partial charge in [-0.05, 0) is 36.6 Å². The second-order valence-electron chi connectivity index (χ2n) is 9.85. The lowest BCUT2D eigenvalue weighted by atomic mass is 9.50. The number of quaternary nitrogens is 1. The highest BCUT2D eigenvalue weighted by Crippen LogP contribution is 2.64. The van der Waals surface area contributed by atoms with E-state index in [4.69, 9.17) is 9.47 Å². The molecule has 0 radical (unpaired) electrons. The van der Waals surface area contributed by atoms with Crippen molar-refractivity contribution in [2.75, 3.05) is 20.1 Å². The Morgan fingerprint density at radius 1 is 1.37 bits per heavy atom. The molecular formula is C23H26BrNO5.